The third-order valence-corrected chi connectivity index (χ3v) is 6.85. The van der Waals surface area contributed by atoms with Crippen molar-refractivity contribution in [2.75, 3.05) is 36.5 Å². The second-order valence-electron chi connectivity index (χ2n) is 9.48. The van der Waals surface area contributed by atoms with Crippen LogP contribution in [0.15, 0.2) is 30.3 Å². The molecular weight excluding hydrogens is 474 g/mol. The number of fused-ring (bicyclic) bond motifs is 3. The largest absolute Gasteiger partial charge is 0.377 e. The Kier molecular flexibility index (Phi) is 6.27. The number of carbonyl (C=O) groups excluding carboxylic acids is 1. The highest BCUT2D eigenvalue weighted by atomic mass is 16.9. The van der Waals surface area contributed by atoms with Crippen molar-refractivity contribution in [3.63, 3.8) is 0 Å². The number of carbonyl (C=O) groups is 1. The molecule has 3 aliphatic rings. The van der Waals surface area contributed by atoms with Crippen LogP contribution in [0.3, 0.4) is 0 Å². The van der Waals surface area contributed by atoms with E-state index in [2.05, 4.69) is 22.5 Å². The first-order valence-electron chi connectivity index (χ1n) is 12.8. The molecule has 194 valence electrons. The summed E-state index contributed by atoms with van der Waals surface area (Å²) >= 11 is 0. The van der Waals surface area contributed by atoms with Crippen molar-refractivity contribution in [3.8, 4) is 22.8 Å². The zero-order chi connectivity index (χ0) is 25.5. The molecule has 11 heteroatoms. The van der Waals surface area contributed by atoms with Crippen LogP contribution < -0.4 is 15.5 Å². The average molecular weight is 506 g/mol. The predicted molar refractivity (Wildman–Crippen MR) is 137 cm³/mol. The lowest BCUT2D eigenvalue weighted by Gasteiger charge is -2.36. The van der Waals surface area contributed by atoms with Crippen LogP contribution in [-0.2, 0) is 27.2 Å². The summed E-state index contributed by atoms with van der Waals surface area (Å²) in [5.41, 5.74) is 5.25. The van der Waals surface area contributed by atoms with E-state index in [-0.39, 0.29) is 18.4 Å². The van der Waals surface area contributed by atoms with E-state index in [4.69, 9.17) is 29.3 Å². The lowest BCUT2D eigenvalue weighted by Crippen LogP contribution is -2.45. The summed E-state index contributed by atoms with van der Waals surface area (Å²) in [5.74, 6) is 1.57. The number of morpholine rings is 1. The fraction of sp³-hybridized carbons (Fsp3) is 0.462. The molecule has 6 rings (SSSR count). The first-order chi connectivity index (χ1) is 18.0. The topological polar surface area (TPSA) is 116 Å². The minimum atomic E-state index is -0.443. The quantitative estimate of drug-likeness (QED) is 0.543. The number of benzene rings is 1. The molecule has 0 unspecified atom stereocenters. The first-order valence-corrected chi connectivity index (χ1v) is 12.8. The Balaban J connectivity index is 1.40. The van der Waals surface area contributed by atoms with Gasteiger partial charge in [-0.25, -0.2) is 14.8 Å². The monoisotopic (exact) mass is 505 g/mol. The maximum absolute atomic E-state index is 11.9. The number of aromatic nitrogens is 4. The second-order valence-corrected chi connectivity index (χ2v) is 9.48. The molecule has 0 saturated carbocycles. The molecule has 2 N–H and O–H groups in total. The van der Waals surface area contributed by atoms with Gasteiger partial charge in [-0.1, -0.05) is 0 Å². The van der Waals surface area contributed by atoms with Gasteiger partial charge in [-0.15, -0.1) is 0 Å². The fourth-order valence-electron chi connectivity index (χ4n) is 4.99. The molecule has 0 spiro atoms. The van der Waals surface area contributed by atoms with Crippen molar-refractivity contribution in [1.29, 1.82) is 0 Å². The number of anilines is 2. The highest BCUT2D eigenvalue weighted by Crippen LogP contribution is 2.39. The van der Waals surface area contributed by atoms with Crippen LogP contribution in [0.2, 0.25) is 0 Å². The number of rotatable bonds is 5. The molecular formula is C26H31N7O4. The SMILES string of the molecule is CCNC(=O)Nc1ccc(-c2nc3c(c(N4CCOC[C@@H]4C)n2)CCn2nc(C4OC(C)O4)cc2-3)cc1. The maximum atomic E-state index is 11.9. The van der Waals surface area contributed by atoms with Gasteiger partial charge < -0.3 is 29.7 Å². The third-order valence-electron chi connectivity index (χ3n) is 6.85. The Morgan fingerprint density at radius 3 is 2.68 bits per heavy atom. The molecule has 3 aromatic rings. The summed E-state index contributed by atoms with van der Waals surface area (Å²) < 4.78 is 19.1. The van der Waals surface area contributed by atoms with Gasteiger partial charge in [0, 0.05) is 36.4 Å². The second kappa shape index (κ2) is 9.73. The summed E-state index contributed by atoms with van der Waals surface area (Å²) in [4.78, 5) is 24.4. The lowest BCUT2D eigenvalue weighted by molar-refractivity contribution is -0.384. The van der Waals surface area contributed by atoms with Crippen molar-refractivity contribution in [2.24, 2.45) is 0 Å². The third kappa shape index (κ3) is 4.54. The Labute approximate surface area is 215 Å². The standard InChI is InChI=1S/C26H31N7O4/c1-4-27-26(34)28-18-7-5-17(6-8-18)23-29-22-19(24(30-23)32-11-12-35-14-15(32)2)9-10-33-21(22)13-20(31-33)25-36-16(3)37-25/h5-8,13,15-16,25H,4,9-12,14H2,1-3H3,(H2,27,28,34)/t15-,16?,25?/m0/s1. The molecule has 2 aromatic heterocycles. The van der Waals surface area contributed by atoms with E-state index >= 15 is 0 Å². The minimum Gasteiger partial charge on any atom is -0.377 e. The molecule has 2 amide bonds. The van der Waals surface area contributed by atoms with Crippen molar-refractivity contribution in [1.82, 2.24) is 25.1 Å². The van der Waals surface area contributed by atoms with E-state index in [9.17, 15) is 4.79 Å². The highest BCUT2D eigenvalue weighted by Gasteiger charge is 2.34. The number of aryl methyl sites for hydroxylation is 1. The van der Waals surface area contributed by atoms with Gasteiger partial charge in [0.1, 0.15) is 11.5 Å². The van der Waals surface area contributed by atoms with Gasteiger partial charge in [-0.3, -0.25) is 4.68 Å². The molecule has 0 bridgehead atoms. The van der Waals surface area contributed by atoms with Gasteiger partial charge in [0.2, 0.25) is 6.29 Å². The van der Waals surface area contributed by atoms with Crippen LogP contribution in [0, 0.1) is 0 Å². The van der Waals surface area contributed by atoms with E-state index in [1.807, 2.05) is 48.9 Å². The Hall–Kier alpha value is -3.54. The zero-order valence-corrected chi connectivity index (χ0v) is 21.2. The van der Waals surface area contributed by atoms with Crippen molar-refractivity contribution < 1.29 is 19.0 Å². The van der Waals surface area contributed by atoms with E-state index in [1.54, 1.807) is 0 Å². The van der Waals surface area contributed by atoms with Crippen LogP contribution in [0.4, 0.5) is 16.3 Å². The molecule has 37 heavy (non-hydrogen) atoms. The number of amides is 2. The molecule has 3 aliphatic heterocycles. The maximum Gasteiger partial charge on any atom is 0.319 e. The summed E-state index contributed by atoms with van der Waals surface area (Å²) in [5, 5.41) is 10.3. The molecule has 0 aliphatic carbocycles. The van der Waals surface area contributed by atoms with Crippen LogP contribution in [-0.4, -0.2) is 64.4 Å². The fourth-order valence-corrected chi connectivity index (χ4v) is 4.99. The van der Waals surface area contributed by atoms with Crippen LogP contribution in [0.25, 0.3) is 22.8 Å². The number of urea groups is 1. The van der Waals surface area contributed by atoms with Gasteiger partial charge in [0.15, 0.2) is 12.1 Å². The van der Waals surface area contributed by atoms with Gasteiger partial charge in [-0.2, -0.15) is 5.10 Å². The highest BCUT2D eigenvalue weighted by molar-refractivity contribution is 5.89. The van der Waals surface area contributed by atoms with Crippen molar-refractivity contribution in [2.45, 2.75) is 52.4 Å². The molecule has 0 radical (unpaired) electrons. The Morgan fingerprint density at radius 1 is 1.14 bits per heavy atom. The summed E-state index contributed by atoms with van der Waals surface area (Å²) in [6.45, 7) is 9.29. The van der Waals surface area contributed by atoms with Crippen molar-refractivity contribution >= 4 is 17.5 Å². The van der Waals surface area contributed by atoms with E-state index < -0.39 is 6.29 Å². The number of hydrogen-bond acceptors (Lipinski definition) is 8. The van der Waals surface area contributed by atoms with Gasteiger partial charge in [0.25, 0.3) is 0 Å². The number of nitrogens with one attached hydrogen (secondary N) is 2. The van der Waals surface area contributed by atoms with Crippen LogP contribution in [0.5, 0.6) is 0 Å². The number of nitrogens with zero attached hydrogens (tertiary/aromatic N) is 5. The van der Waals surface area contributed by atoms with E-state index in [0.717, 1.165) is 53.5 Å². The van der Waals surface area contributed by atoms with Crippen LogP contribution >= 0.6 is 0 Å². The molecule has 2 saturated heterocycles. The average Bonchev–Trinajstić information content (AvgIpc) is 3.31. The van der Waals surface area contributed by atoms with E-state index in [1.165, 1.54) is 0 Å². The molecule has 2 fully saturated rings. The lowest BCUT2D eigenvalue weighted by atomic mass is 10.0. The Morgan fingerprint density at radius 2 is 1.95 bits per heavy atom. The van der Waals surface area contributed by atoms with Gasteiger partial charge in [0.05, 0.1) is 30.6 Å². The van der Waals surface area contributed by atoms with Gasteiger partial charge >= 0.3 is 6.03 Å². The number of ether oxygens (including phenoxy) is 3. The first kappa shape index (κ1) is 23.8. The van der Waals surface area contributed by atoms with Crippen LogP contribution in [0.1, 0.15) is 38.3 Å². The Bertz CT molecular complexity index is 1300. The summed E-state index contributed by atoms with van der Waals surface area (Å²) in [7, 11) is 0. The van der Waals surface area contributed by atoms with Gasteiger partial charge in [-0.05, 0) is 57.5 Å². The minimum absolute atomic E-state index is 0.199. The smallest absolute Gasteiger partial charge is 0.319 e. The predicted octanol–water partition coefficient (Wildman–Crippen LogP) is 3.32. The zero-order valence-electron chi connectivity index (χ0n) is 21.2. The molecule has 1 atom stereocenters. The molecule has 1 aromatic carbocycles. The van der Waals surface area contributed by atoms with Crippen molar-refractivity contribution in [3.05, 3.63) is 41.6 Å². The summed E-state index contributed by atoms with van der Waals surface area (Å²) in [6.07, 6.45) is 0.118. The number of hydrogen-bond donors (Lipinski definition) is 2. The van der Waals surface area contributed by atoms with E-state index in [0.29, 0.717) is 31.3 Å². The summed E-state index contributed by atoms with van der Waals surface area (Å²) in [6, 6.07) is 9.55. The normalized spacial score (nSPS) is 22.6. The molecule has 11 nitrogen and oxygen atoms in total. The molecule has 5 heterocycles.